The summed E-state index contributed by atoms with van der Waals surface area (Å²) in [5.41, 5.74) is 5.19. The fraction of sp³-hybridized carbons (Fsp3) is 1.00. The lowest BCUT2D eigenvalue weighted by molar-refractivity contribution is -0.0686. The summed E-state index contributed by atoms with van der Waals surface area (Å²) in [5.74, 6) is 0.430. The molecule has 1 atom stereocenters. The molecule has 0 saturated carbocycles. The first kappa shape index (κ1) is 11.9. The molecule has 0 amide bonds. The highest BCUT2D eigenvalue weighted by Crippen LogP contribution is 2.29. The molecule has 0 radical (unpaired) electrons. The highest BCUT2D eigenvalue weighted by molar-refractivity contribution is 4.93. The molecule has 0 saturated heterocycles. The molecular weight excluding hydrogens is 150 g/mol. The van der Waals surface area contributed by atoms with Crippen LogP contribution in [0.1, 0.15) is 41.0 Å². The Labute approximate surface area is 76.2 Å². The highest BCUT2D eigenvalue weighted by atomic mass is 16.3. The Morgan fingerprint density at radius 3 is 1.58 bits per heavy atom. The standard InChI is InChI=1S/C10H23NO/c1-6-9(11)10(12,7(2)3)8(4)5/h7-9,12H,6,11H2,1-5H3. The molecule has 1 unspecified atom stereocenters. The Morgan fingerprint density at radius 2 is 1.50 bits per heavy atom. The summed E-state index contributed by atoms with van der Waals surface area (Å²) in [4.78, 5) is 0. The molecular formula is C10H23NO. The molecule has 3 N–H and O–H groups in total. The average Bonchev–Trinajstić information content (AvgIpc) is 2.00. The average molecular weight is 173 g/mol. The van der Waals surface area contributed by atoms with E-state index in [-0.39, 0.29) is 17.9 Å². The van der Waals surface area contributed by atoms with Crippen LogP contribution in [0.15, 0.2) is 0 Å². The van der Waals surface area contributed by atoms with Crippen molar-refractivity contribution in [2.24, 2.45) is 17.6 Å². The Hall–Kier alpha value is -0.0800. The first-order valence-electron chi connectivity index (χ1n) is 4.85. The quantitative estimate of drug-likeness (QED) is 0.680. The van der Waals surface area contributed by atoms with E-state index in [9.17, 15) is 5.11 Å². The minimum absolute atomic E-state index is 0.113. The van der Waals surface area contributed by atoms with Crippen LogP contribution in [0.4, 0.5) is 0 Å². The first-order chi connectivity index (χ1) is 5.37. The van der Waals surface area contributed by atoms with Crippen molar-refractivity contribution in [3.05, 3.63) is 0 Å². The molecule has 2 heteroatoms. The second-order valence-corrected chi connectivity index (χ2v) is 4.21. The van der Waals surface area contributed by atoms with E-state index in [2.05, 4.69) is 0 Å². The molecule has 0 heterocycles. The second kappa shape index (κ2) is 4.24. The Kier molecular flexibility index (Phi) is 4.21. The van der Waals surface area contributed by atoms with Crippen LogP contribution >= 0.6 is 0 Å². The molecule has 0 fully saturated rings. The minimum atomic E-state index is -0.714. The molecule has 0 spiro atoms. The van der Waals surface area contributed by atoms with Crippen molar-refractivity contribution in [1.29, 1.82) is 0 Å². The van der Waals surface area contributed by atoms with Crippen molar-refractivity contribution in [3.63, 3.8) is 0 Å². The fourth-order valence-corrected chi connectivity index (χ4v) is 1.85. The van der Waals surface area contributed by atoms with Crippen LogP contribution in [0.25, 0.3) is 0 Å². The minimum Gasteiger partial charge on any atom is -0.388 e. The number of hydrogen-bond donors (Lipinski definition) is 2. The molecule has 0 aromatic carbocycles. The SMILES string of the molecule is CCC(N)C(O)(C(C)C)C(C)C. The first-order valence-corrected chi connectivity index (χ1v) is 4.85. The lowest BCUT2D eigenvalue weighted by Crippen LogP contribution is -2.55. The topological polar surface area (TPSA) is 46.2 Å². The summed E-state index contributed by atoms with van der Waals surface area (Å²) in [6, 6.07) is -0.113. The van der Waals surface area contributed by atoms with E-state index >= 15 is 0 Å². The van der Waals surface area contributed by atoms with Gasteiger partial charge in [-0.05, 0) is 18.3 Å². The van der Waals surface area contributed by atoms with Crippen LogP contribution < -0.4 is 5.73 Å². The van der Waals surface area contributed by atoms with Crippen LogP contribution in [-0.2, 0) is 0 Å². The van der Waals surface area contributed by atoms with E-state index in [1.807, 2.05) is 34.6 Å². The summed E-state index contributed by atoms with van der Waals surface area (Å²) in [5, 5.41) is 10.3. The van der Waals surface area contributed by atoms with Crippen LogP contribution in [-0.4, -0.2) is 16.7 Å². The molecule has 0 aliphatic carbocycles. The van der Waals surface area contributed by atoms with Gasteiger partial charge in [0.2, 0.25) is 0 Å². The smallest absolute Gasteiger partial charge is 0.0843 e. The van der Waals surface area contributed by atoms with Gasteiger partial charge in [-0.15, -0.1) is 0 Å². The highest BCUT2D eigenvalue weighted by Gasteiger charge is 2.39. The van der Waals surface area contributed by atoms with Gasteiger partial charge in [0.25, 0.3) is 0 Å². The zero-order valence-electron chi connectivity index (χ0n) is 8.96. The molecule has 2 nitrogen and oxygen atoms in total. The largest absolute Gasteiger partial charge is 0.388 e. The maximum Gasteiger partial charge on any atom is 0.0843 e. The Bertz CT molecular complexity index is 124. The normalized spacial score (nSPS) is 15.8. The predicted molar refractivity (Wildman–Crippen MR) is 52.9 cm³/mol. The Balaban J connectivity index is 4.61. The van der Waals surface area contributed by atoms with Crippen molar-refractivity contribution in [1.82, 2.24) is 0 Å². The van der Waals surface area contributed by atoms with Crippen LogP contribution in [0.2, 0.25) is 0 Å². The van der Waals surface area contributed by atoms with Crippen LogP contribution in [0, 0.1) is 11.8 Å². The van der Waals surface area contributed by atoms with Crippen molar-refractivity contribution >= 4 is 0 Å². The monoisotopic (exact) mass is 173 g/mol. The summed E-state index contributed by atoms with van der Waals surface area (Å²) >= 11 is 0. The third-order valence-electron chi connectivity index (χ3n) is 2.88. The van der Waals surface area contributed by atoms with Crippen LogP contribution in [0.5, 0.6) is 0 Å². The van der Waals surface area contributed by atoms with E-state index in [0.717, 1.165) is 6.42 Å². The van der Waals surface area contributed by atoms with E-state index in [0.29, 0.717) is 0 Å². The molecule has 0 bridgehead atoms. The van der Waals surface area contributed by atoms with Crippen LogP contribution in [0.3, 0.4) is 0 Å². The molecule has 74 valence electrons. The van der Waals surface area contributed by atoms with Crippen molar-refractivity contribution in [2.75, 3.05) is 0 Å². The van der Waals surface area contributed by atoms with Gasteiger partial charge >= 0.3 is 0 Å². The summed E-state index contributed by atoms with van der Waals surface area (Å²) in [6.07, 6.45) is 0.826. The molecule has 0 aromatic heterocycles. The lowest BCUT2D eigenvalue weighted by Gasteiger charge is -2.40. The number of nitrogens with two attached hydrogens (primary N) is 1. The van der Waals surface area contributed by atoms with Gasteiger partial charge in [-0.2, -0.15) is 0 Å². The number of hydrogen-bond acceptors (Lipinski definition) is 2. The van der Waals surface area contributed by atoms with Gasteiger partial charge in [-0.3, -0.25) is 0 Å². The van der Waals surface area contributed by atoms with Gasteiger partial charge in [0, 0.05) is 6.04 Å². The summed E-state index contributed by atoms with van der Waals surface area (Å²) in [6.45, 7) is 10.1. The maximum atomic E-state index is 10.3. The van der Waals surface area contributed by atoms with Gasteiger partial charge < -0.3 is 10.8 Å². The molecule has 0 aliphatic heterocycles. The lowest BCUT2D eigenvalue weighted by atomic mass is 9.74. The van der Waals surface area contributed by atoms with E-state index in [4.69, 9.17) is 5.73 Å². The molecule has 0 rings (SSSR count). The van der Waals surface area contributed by atoms with Gasteiger partial charge in [0.1, 0.15) is 0 Å². The summed E-state index contributed by atoms with van der Waals surface area (Å²) in [7, 11) is 0. The summed E-state index contributed by atoms with van der Waals surface area (Å²) < 4.78 is 0. The van der Waals surface area contributed by atoms with E-state index in [1.165, 1.54) is 0 Å². The zero-order valence-corrected chi connectivity index (χ0v) is 8.96. The maximum absolute atomic E-state index is 10.3. The third kappa shape index (κ3) is 1.99. The third-order valence-corrected chi connectivity index (χ3v) is 2.88. The predicted octanol–water partition coefficient (Wildman–Crippen LogP) is 1.77. The van der Waals surface area contributed by atoms with Crippen molar-refractivity contribution in [3.8, 4) is 0 Å². The van der Waals surface area contributed by atoms with Gasteiger partial charge in [0.05, 0.1) is 5.60 Å². The fourth-order valence-electron chi connectivity index (χ4n) is 1.85. The molecule has 0 aliphatic rings. The van der Waals surface area contributed by atoms with Gasteiger partial charge in [-0.25, -0.2) is 0 Å². The molecule has 12 heavy (non-hydrogen) atoms. The van der Waals surface area contributed by atoms with Gasteiger partial charge in [-0.1, -0.05) is 34.6 Å². The van der Waals surface area contributed by atoms with Gasteiger partial charge in [0.15, 0.2) is 0 Å². The number of aliphatic hydroxyl groups is 1. The molecule has 0 aromatic rings. The van der Waals surface area contributed by atoms with E-state index in [1.54, 1.807) is 0 Å². The van der Waals surface area contributed by atoms with Crippen molar-refractivity contribution in [2.45, 2.75) is 52.7 Å². The van der Waals surface area contributed by atoms with Crippen molar-refractivity contribution < 1.29 is 5.11 Å². The Morgan fingerprint density at radius 1 is 1.17 bits per heavy atom. The van der Waals surface area contributed by atoms with E-state index < -0.39 is 5.60 Å². The number of rotatable bonds is 4. The second-order valence-electron chi connectivity index (χ2n) is 4.21. The zero-order chi connectivity index (χ0) is 9.94.